The molecule has 0 aliphatic carbocycles. The molecule has 0 spiro atoms. The Hall–Kier alpha value is -3.33. The van der Waals surface area contributed by atoms with E-state index in [1.54, 1.807) is 17.0 Å². The largest absolute Gasteiger partial charge is 0.416 e. The van der Waals surface area contributed by atoms with Crippen molar-refractivity contribution >= 4 is 16.0 Å². The van der Waals surface area contributed by atoms with Crippen molar-refractivity contribution in [3.63, 3.8) is 0 Å². The van der Waals surface area contributed by atoms with Gasteiger partial charge in [-0.1, -0.05) is 50.6 Å². The van der Waals surface area contributed by atoms with Crippen LogP contribution in [0.15, 0.2) is 77.7 Å². The molecule has 0 saturated heterocycles. The molecule has 1 amide bonds. The molecule has 5 nitrogen and oxygen atoms in total. The fourth-order valence-electron chi connectivity index (χ4n) is 3.90. The lowest BCUT2D eigenvalue weighted by Gasteiger charge is -2.29. The molecular formula is C29H32F3NO4S. The Kier molecular flexibility index (Phi) is 9.60. The molecule has 3 rings (SSSR count). The van der Waals surface area contributed by atoms with Gasteiger partial charge in [0.25, 0.3) is 5.91 Å². The highest BCUT2D eigenvalue weighted by Gasteiger charge is 2.32. The highest BCUT2D eigenvalue weighted by molar-refractivity contribution is 7.87. The molecule has 3 aromatic carbocycles. The van der Waals surface area contributed by atoms with Crippen LogP contribution in [-0.2, 0) is 29.3 Å². The molecule has 0 fully saturated rings. The highest BCUT2D eigenvalue weighted by atomic mass is 32.2. The van der Waals surface area contributed by atoms with Crippen molar-refractivity contribution in [2.24, 2.45) is 0 Å². The van der Waals surface area contributed by atoms with Gasteiger partial charge in [-0.25, -0.2) is 0 Å². The third-order valence-corrected chi connectivity index (χ3v) is 7.55. The first-order valence-corrected chi connectivity index (χ1v) is 14.0. The van der Waals surface area contributed by atoms with Crippen molar-refractivity contribution in [3.05, 3.63) is 95.1 Å². The van der Waals surface area contributed by atoms with Gasteiger partial charge < -0.3 is 9.08 Å². The van der Waals surface area contributed by atoms with Gasteiger partial charge in [-0.3, -0.25) is 4.79 Å². The van der Waals surface area contributed by atoms with Gasteiger partial charge in [0.15, 0.2) is 0 Å². The van der Waals surface area contributed by atoms with Crippen LogP contribution in [0.25, 0.3) is 0 Å². The van der Waals surface area contributed by atoms with Gasteiger partial charge in [0.05, 0.1) is 5.56 Å². The van der Waals surface area contributed by atoms with Crippen molar-refractivity contribution in [2.75, 3.05) is 0 Å². The van der Waals surface area contributed by atoms with Crippen LogP contribution in [0.5, 0.6) is 5.75 Å². The van der Waals surface area contributed by atoms with Crippen molar-refractivity contribution in [1.82, 2.24) is 4.90 Å². The summed E-state index contributed by atoms with van der Waals surface area (Å²) in [5.74, 6) is -0.207. The second-order valence-corrected chi connectivity index (χ2v) is 10.7. The van der Waals surface area contributed by atoms with E-state index in [-0.39, 0.29) is 24.2 Å². The lowest BCUT2D eigenvalue weighted by atomic mass is 10.0. The number of hydrogen-bond donors (Lipinski definition) is 0. The number of amides is 1. The third-order valence-electron chi connectivity index (χ3n) is 6.31. The quantitative estimate of drug-likeness (QED) is 0.237. The smallest absolute Gasteiger partial charge is 0.379 e. The van der Waals surface area contributed by atoms with Crippen LogP contribution in [0, 0.1) is 0 Å². The molecule has 0 radical (unpaired) electrons. The molecule has 0 bridgehead atoms. The first-order chi connectivity index (χ1) is 17.9. The molecule has 1 atom stereocenters. The van der Waals surface area contributed by atoms with Crippen LogP contribution < -0.4 is 4.18 Å². The first-order valence-electron chi connectivity index (χ1n) is 12.5. The van der Waals surface area contributed by atoms with Gasteiger partial charge in [0, 0.05) is 18.2 Å². The Morgan fingerprint density at radius 1 is 0.947 bits per heavy atom. The standard InChI is InChI=1S/C29H32F3NO4S/c1-4-6-9-22-14-16-24(17-15-22)28(34)33(21(3)5-2)20-23-10-7-12-26(18-23)37-38(35,36)27-13-8-11-25(19-27)29(30,31)32/h7-8,10-19,21H,4-6,9,20H2,1-3H3. The summed E-state index contributed by atoms with van der Waals surface area (Å²) in [6.45, 7) is 6.24. The summed E-state index contributed by atoms with van der Waals surface area (Å²) >= 11 is 0. The number of carbonyl (C=O) groups is 1. The van der Waals surface area contributed by atoms with Gasteiger partial charge in [0.1, 0.15) is 10.6 Å². The maximum Gasteiger partial charge on any atom is 0.416 e. The Morgan fingerprint density at radius 3 is 2.26 bits per heavy atom. The maximum atomic E-state index is 13.4. The molecule has 38 heavy (non-hydrogen) atoms. The molecule has 0 saturated carbocycles. The second-order valence-electron chi connectivity index (χ2n) is 9.20. The van der Waals surface area contributed by atoms with Crippen LogP contribution in [0.3, 0.4) is 0 Å². The maximum absolute atomic E-state index is 13.4. The van der Waals surface area contributed by atoms with E-state index in [1.807, 2.05) is 38.1 Å². The van der Waals surface area contributed by atoms with E-state index in [0.29, 0.717) is 23.6 Å². The van der Waals surface area contributed by atoms with Gasteiger partial charge in [-0.2, -0.15) is 21.6 Å². The Labute approximate surface area is 222 Å². The van der Waals surface area contributed by atoms with E-state index in [2.05, 4.69) is 6.92 Å². The van der Waals surface area contributed by atoms with E-state index in [0.717, 1.165) is 37.5 Å². The van der Waals surface area contributed by atoms with Crippen LogP contribution in [0.2, 0.25) is 0 Å². The zero-order valence-corrected chi connectivity index (χ0v) is 22.5. The molecule has 0 N–H and O–H groups in total. The van der Waals surface area contributed by atoms with E-state index in [9.17, 15) is 26.4 Å². The SMILES string of the molecule is CCCCc1ccc(C(=O)N(Cc2cccc(OS(=O)(=O)c3cccc(C(F)(F)F)c3)c2)C(C)CC)cc1. The van der Waals surface area contributed by atoms with Crippen LogP contribution in [-0.4, -0.2) is 25.3 Å². The van der Waals surface area contributed by atoms with Crippen molar-refractivity contribution in [2.45, 2.75) is 70.1 Å². The minimum absolute atomic E-state index is 0.0586. The van der Waals surface area contributed by atoms with Crippen molar-refractivity contribution < 1.29 is 30.6 Å². The van der Waals surface area contributed by atoms with E-state index >= 15 is 0 Å². The van der Waals surface area contributed by atoms with Gasteiger partial charge in [-0.15, -0.1) is 0 Å². The summed E-state index contributed by atoms with van der Waals surface area (Å²) < 4.78 is 69.7. The lowest BCUT2D eigenvalue weighted by molar-refractivity contribution is -0.137. The molecule has 0 heterocycles. The van der Waals surface area contributed by atoms with E-state index in [1.165, 1.54) is 17.7 Å². The molecule has 204 valence electrons. The fourth-order valence-corrected chi connectivity index (χ4v) is 4.87. The molecule has 3 aromatic rings. The summed E-state index contributed by atoms with van der Waals surface area (Å²) in [5.41, 5.74) is 1.27. The Morgan fingerprint density at radius 2 is 1.63 bits per heavy atom. The van der Waals surface area contributed by atoms with Crippen molar-refractivity contribution in [1.29, 1.82) is 0 Å². The van der Waals surface area contributed by atoms with Gasteiger partial charge in [0.2, 0.25) is 0 Å². The van der Waals surface area contributed by atoms with E-state index < -0.39 is 26.8 Å². The highest BCUT2D eigenvalue weighted by Crippen LogP contribution is 2.31. The molecular weight excluding hydrogens is 515 g/mol. The average Bonchev–Trinajstić information content (AvgIpc) is 2.89. The summed E-state index contributed by atoms with van der Waals surface area (Å²) in [5, 5.41) is 0. The zero-order valence-electron chi connectivity index (χ0n) is 21.7. The number of nitrogens with zero attached hydrogens (tertiary/aromatic N) is 1. The fraction of sp³-hybridized carbons (Fsp3) is 0.345. The van der Waals surface area contributed by atoms with Crippen molar-refractivity contribution in [3.8, 4) is 5.75 Å². The minimum atomic E-state index is -4.69. The predicted octanol–water partition coefficient (Wildman–Crippen LogP) is 7.26. The number of benzene rings is 3. The number of hydrogen-bond acceptors (Lipinski definition) is 4. The third kappa shape index (κ3) is 7.60. The lowest BCUT2D eigenvalue weighted by Crippen LogP contribution is -2.37. The summed E-state index contributed by atoms with van der Waals surface area (Å²) in [6.07, 6.45) is -0.857. The molecule has 0 aliphatic heterocycles. The monoisotopic (exact) mass is 547 g/mol. The van der Waals surface area contributed by atoms with Gasteiger partial charge >= 0.3 is 16.3 Å². The number of aryl methyl sites for hydroxylation is 1. The molecule has 0 aromatic heterocycles. The second kappa shape index (κ2) is 12.5. The average molecular weight is 548 g/mol. The number of alkyl halides is 3. The number of unbranched alkanes of at least 4 members (excludes halogenated alkanes) is 1. The molecule has 1 unspecified atom stereocenters. The van der Waals surface area contributed by atoms with Crippen LogP contribution in [0.1, 0.15) is 67.1 Å². The minimum Gasteiger partial charge on any atom is -0.379 e. The zero-order chi connectivity index (χ0) is 27.9. The number of carbonyl (C=O) groups excluding carboxylic acids is 1. The topological polar surface area (TPSA) is 63.7 Å². The normalized spacial score (nSPS) is 12.7. The molecule has 9 heteroatoms. The summed E-state index contributed by atoms with van der Waals surface area (Å²) in [4.78, 5) is 14.5. The molecule has 0 aliphatic rings. The van der Waals surface area contributed by atoms with Gasteiger partial charge in [-0.05, 0) is 79.8 Å². The predicted molar refractivity (Wildman–Crippen MR) is 140 cm³/mol. The van der Waals surface area contributed by atoms with Crippen LogP contribution in [0.4, 0.5) is 13.2 Å². The summed E-state index contributed by atoms with van der Waals surface area (Å²) in [7, 11) is -4.51. The number of halogens is 3. The van der Waals surface area contributed by atoms with E-state index in [4.69, 9.17) is 4.18 Å². The number of rotatable bonds is 11. The Balaban J connectivity index is 1.81. The summed E-state index contributed by atoms with van der Waals surface area (Å²) in [6, 6.07) is 17.1. The Bertz CT molecular complexity index is 1340. The van der Waals surface area contributed by atoms with Crippen LogP contribution >= 0.6 is 0 Å². The first kappa shape index (κ1) is 29.2.